The van der Waals surface area contributed by atoms with Crippen molar-refractivity contribution in [1.29, 1.82) is 0 Å². The number of benzene rings is 2. The predicted octanol–water partition coefficient (Wildman–Crippen LogP) is 5.55. The lowest BCUT2D eigenvalue weighted by molar-refractivity contribution is 0.303. The lowest BCUT2D eigenvalue weighted by Gasteiger charge is -2.10. The van der Waals surface area contributed by atoms with Gasteiger partial charge in [-0.3, -0.25) is 0 Å². The molecule has 0 saturated carbocycles. The van der Waals surface area contributed by atoms with Crippen molar-refractivity contribution in [1.82, 2.24) is 9.55 Å². The zero-order valence-corrected chi connectivity index (χ0v) is 15.4. The van der Waals surface area contributed by atoms with Gasteiger partial charge in [0.05, 0.1) is 17.6 Å². The van der Waals surface area contributed by atoms with E-state index in [0.717, 1.165) is 43.7 Å². The number of aryl methyl sites for hydroxylation is 3. The molecular formula is C22H28N2O. The van der Waals surface area contributed by atoms with Crippen molar-refractivity contribution in [3.63, 3.8) is 0 Å². The quantitative estimate of drug-likeness (QED) is 0.479. The molecular weight excluding hydrogens is 308 g/mol. The Hall–Kier alpha value is -2.29. The van der Waals surface area contributed by atoms with E-state index >= 15 is 0 Å². The Bertz CT molecular complexity index is 789. The van der Waals surface area contributed by atoms with Crippen molar-refractivity contribution < 1.29 is 4.74 Å². The molecule has 3 heteroatoms. The van der Waals surface area contributed by atoms with Gasteiger partial charge in [-0.25, -0.2) is 4.98 Å². The summed E-state index contributed by atoms with van der Waals surface area (Å²) in [6.45, 7) is 6.10. The van der Waals surface area contributed by atoms with Crippen molar-refractivity contribution in [2.45, 2.75) is 52.5 Å². The summed E-state index contributed by atoms with van der Waals surface area (Å²) in [4.78, 5) is 4.84. The number of ether oxygens (including phenoxy) is 1. The molecule has 0 N–H and O–H groups in total. The summed E-state index contributed by atoms with van der Waals surface area (Å²) in [6.07, 6.45) is 5.61. The molecule has 3 aromatic rings. The van der Waals surface area contributed by atoms with E-state index in [1.165, 1.54) is 29.7 Å². The molecule has 1 aromatic heterocycles. The molecule has 2 aromatic carbocycles. The van der Waals surface area contributed by atoms with Crippen LogP contribution in [-0.4, -0.2) is 16.2 Å². The van der Waals surface area contributed by atoms with E-state index in [-0.39, 0.29) is 0 Å². The Morgan fingerprint density at radius 1 is 0.960 bits per heavy atom. The summed E-state index contributed by atoms with van der Waals surface area (Å²) in [7, 11) is 0. The van der Waals surface area contributed by atoms with Gasteiger partial charge in [0, 0.05) is 13.0 Å². The molecule has 3 nitrogen and oxygen atoms in total. The van der Waals surface area contributed by atoms with Crippen LogP contribution >= 0.6 is 0 Å². The Kier molecular flexibility index (Phi) is 6.10. The lowest BCUT2D eigenvalue weighted by atomic mass is 10.2. The van der Waals surface area contributed by atoms with Crippen molar-refractivity contribution in [3.8, 4) is 5.75 Å². The zero-order chi connectivity index (χ0) is 17.5. The number of para-hydroxylation sites is 2. The van der Waals surface area contributed by atoms with Crippen LogP contribution in [-0.2, 0) is 13.0 Å². The van der Waals surface area contributed by atoms with Gasteiger partial charge in [-0.2, -0.15) is 0 Å². The first kappa shape index (κ1) is 17.5. The fourth-order valence-electron chi connectivity index (χ4n) is 3.10. The molecule has 1 heterocycles. The highest BCUT2D eigenvalue weighted by molar-refractivity contribution is 5.75. The number of imidazole rings is 1. The van der Waals surface area contributed by atoms with E-state index in [1.54, 1.807) is 0 Å². The van der Waals surface area contributed by atoms with Gasteiger partial charge in [0.25, 0.3) is 0 Å². The third-order valence-corrected chi connectivity index (χ3v) is 4.55. The Balaban J connectivity index is 1.55. The number of rotatable bonds is 9. The van der Waals surface area contributed by atoms with Crippen LogP contribution in [0, 0.1) is 6.92 Å². The highest BCUT2D eigenvalue weighted by Gasteiger charge is 2.09. The number of nitrogens with zero attached hydrogens (tertiary/aromatic N) is 2. The minimum Gasteiger partial charge on any atom is -0.494 e. The first-order valence-electron chi connectivity index (χ1n) is 9.41. The van der Waals surface area contributed by atoms with Gasteiger partial charge in [0.2, 0.25) is 0 Å². The van der Waals surface area contributed by atoms with E-state index in [0.29, 0.717) is 0 Å². The second kappa shape index (κ2) is 8.70. The predicted molar refractivity (Wildman–Crippen MR) is 104 cm³/mol. The summed E-state index contributed by atoms with van der Waals surface area (Å²) >= 11 is 0. The summed E-state index contributed by atoms with van der Waals surface area (Å²) in [6, 6.07) is 16.7. The summed E-state index contributed by atoms with van der Waals surface area (Å²) in [5.41, 5.74) is 3.64. The number of unbranched alkanes of at least 4 members (excludes halogenated alkanes) is 2. The van der Waals surface area contributed by atoms with Gasteiger partial charge in [-0.15, -0.1) is 0 Å². The van der Waals surface area contributed by atoms with E-state index in [4.69, 9.17) is 9.72 Å². The molecule has 25 heavy (non-hydrogen) atoms. The van der Waals surface area contributed by atoms with Crippen LogP contribution in [0.2, 0.25) is 0 Å². The largest absolute Gasteiger partial charge is 0.494 e. The number of fused-ring (bicyclic) bond motifs is 1. The Morgan fingerprint density at radius 2 is 1.76 bits per heavy atom. The van der Waals surface area contributed by atoms with Crippen molar-refractivity contribution >= 4 is 11.0 Å². The first-order chi connectivity index (χ1) is 12.3. The second-order valence-corrected chi connectivity index (χ2v) is 6.64. The molecule has 0 aliphatic rings. The SMILES string of the molecule is CCCCc1nc2ccccc2n1CCCCOc1ccc(C)cc1. The molecule has 132 valence electrons. The van der Waals surface area contributed by atoms with E-state index in [9.17, 15) is 0 Å². The minimum absolute atomic E-state index is 0.764. The topological polar surface area (TPSA) is 27.1 Å². The van der Waals surface area contributed by atoms with Crippen LogP contribution in [0.4, 0.5) is 0 Å². The van der Waals surface area contributed by atoms with Gasteiger partial charge in [-0.05, 0) is 50.5 Å². The van der Waals surface area contributed by atoms with E-state index in [1.807, 2.05) is 12.1 Å². The highest BCUT2D eigenvalue weighted by atomic mass is 16.5. The number of hydrogen-bond acceptors (Lipinski definition) is 2. The van der Waals surface area contributed by atoms with Crippen LogP contribution in [0.25, 0.3) is 11.0 Å². The van der Waals surface area contributed by atoms with Crippen LogP contribution in [0.5, 0.6) is 5.75 Å². The maximum atomic E-state index is 5.84. The van der Waals surface area contributed by atoms with Crippen molar-refractivity contribution in [2.75, 3.05) is 6.61 Å². The lowest BCUT2D eigenvalue weighted by Crippen LogP contribution is -2.06. The monoisotopic (exact) mass is 336 g/mol. The molecule has 0 aliphatic heterocycles. The fourth-order valence-corrected chi connectivity index (χ4v) is 3.10. The van der Waals surface area contributed by atoms with Gasteiger partial charge >= 0.3 is 0 Å². The van der Waals surface area contributed by atoms with E-state index in [2.05, 4.69) is 54.8 Å². The van der Waals surface area contributed by atoms with Gasteiger partial charge in [0.1, 0.15) is 11.6 Å². The van der Waals surface area contributed by atoms with Crippen LogP contribution in [0.3, 0.4) is 0 Å². The van der Waals surface area contributed by atoms with Gasteiger partial charge in [-0.1, -0.05) is 43.2 Å². The molecule has 3 rings (SSSR count). The smallest absolute Gasteiger partial charge is 0.119 e. The minimum atomic E-state index is 0.764. The van der Waals surface area contributed by atoms with Crippen LogP contribution in [0.15, 0.2) is 48.5 Å². The average Bonchev–Trinajstić information content (AvgIpc) is 2.99. The van der Waals surface area contributed by atoms with Crippen molar-refractivity contribution in [2.24, 2.45) is 0 Å². The summed E-state index contributed by atoms with van der Waals surface area (Å²) in [5, 5.41) is 0. The van der Waals surface area contributed by atoms with Crippen molar-refractivity contribution in [3.05, 3.63) is 59.9 Å². The average molecular weight is 336 g/mol. The maximum Gasteiger partial charge on any atom is 0.119 e. The van der Waals surface area contributed by atoms with E-state index < -0.39 is 0 Å². The van der Waals surface area contributed by atoms with Crippen LogP contribution < -0.4 is 4.74 Å². The molecule has 0 amide bonds. The molecule has 0 fully saturated rings. The number of hydrogen-bond donors (Lipinski definition) is 0. The summed E-state index contributed by atoms with van der Waals surface area (Å²) < 4.78 is 8.24. The highest BCUT2D eigenvalue weighted by Crippen LogP contribution is 2.19. The second-order valence-electron chi connectivity index (χ2n) is 6.64. The van der Waals surface area contributed by atoms with Gasteiger partial charge < -0.3 is 9.30 Å². The molecule has 0 spiro atoms. The Labute approximate surface area is 150 Å². The number of aromatic nitrogens is 2. The standard InChI is InChI=1S/C22H28N2O/c1-3-4-11-22-23-20-9-5-6-10-21(20)24(22)16-7-8-17-25-19-14-12-18(2)13-15-19/h5-6,9-10,12-15H,3-4,7-8,11,16-17H2,1-2H3. The molecule has 0 saturated heterocycles. The normalized spacial score (nSPS) is 11.1. The first-order valence-corrected chi connectivity index (χ1v) is 9.41. The molecule has 0 aliphatic carbocycles. The third-order valence-electron chi connectivity index (χ3n) is 4.55. The maximum absolute atomic E-state index is 5.84. The fraction of sp³-hybridized carbons (Fsp3) is 0.409. The van der Waals surface area contributed by atoms with Gasteiger partial charge in [0.15, 0.2) is 0 Å². The summed E-state index contributed by atoms with van der Waals surface area (Å²) in [5.74, 6) is 2.19. The molecule has 0 bridgehead atoms. The molecule has 0 atom stereocenters. The zero-order valence-electron chi connectivity index (χ0n) is 15.4. The third kappa shape index (κ3) is 4.62. The Morgan fingerprint density at radius 3 is 2.56 bits per heavy atom. The molecule has 0 radical (unpaired) electrons. The van der Waals surface area contributed by atoms with Crippen LogP contribution in [0.1, 0.15) is 44.0 Å². The molecule has 0 unspecified atom stereocenters.